The van der Waals surface area contributed by atoms with Gasteiger partial charge in [0.15, 0.2) is 11.4 Å². The van der Waals surface area contributed by atoms with Crippen LogP contribution in [0.5, 0.6) is 0 Å². The zero-order valence-corrected chi connectivity index (χ0v) is 10.0. The average molecular weight is 223 g/mol. The summed E-state index contributed by atoms with van der Waals surface area (Å²) in [6.45, 7) is 3.85. The third-order valence-corrected chi connectivity index (χ3v) is 2.62. The summed E-state index contributed by atoms with van der Waals surface area (Å²) >= 11 is 1.40. The molecule has 0 fully saturated rings. The van der Waals surface area contributed by atoms with Crippen molar-refractivity contribution in [2.75, 3.05) is 6.26 Å². The van der Waals surface area contributed by atoms with E-state index in [4.69, 9.17) is 5.26 Å². The topological polar surface area (TPSA) is 66.0 Å². The Morgan fingerprint density at radius 3 is 2.67 bits per heavy atom. The lowest BCUT2D eigenvalue weighted by Gasteiger charge is -1.99. The number of hydrogen-bond acceptors (Lipinski definition) is 4. The van der Waals surface area contributed by atoms with E-state index in [0.29, 0.717) is 5.17 Å². The smallest absolute Gasteiger partial charge is 0.183 e. The van der Waals surface area contributed by atoms with Crippen molar-refractivity contribution < 1.29 is 0 Å². The zero-order chi connectivity index (χ0) is 11.4. The van der Waals surface area contributed by atoms with E-state index in [-0.39, 0.29) is 0 Å². The van der Waals surface area contributed by atoms with Crippen LogP contribution in [0.3, 0.4) is 0 Å². The van der Waals surface area contributed by atoms with Gasteiger partial charge in [-0.05, 0) is 20.1 Å². The lowest BCUT2D eigenvalue weighted by Crippen LogP contribution is -2.12. The molecule has 0 aliphatic rings. The first-order chi connectivity index (χ1) is 7.10. The van der Waals surface area contributed by atoms with Crippen molar-refractivity contribution in [1.29, 1.82) is 5.26 Å². The zero-order valence-electron chi connectivity index (χ0n) is 9.20. The minimum Gasteiger partial charge on any atom is -0.271 e. The summed E-state index contributed by atoms with van der Waals surface area (Å²) < 4.78 is 1.78. The molecule has 0 spiro atoms. The fourth-order valence-corrected chi connectivity index (χ4v) is 1.53. The van der Waals surface area contributed by atoms with E-state index in [1.165, 1.54) is 11.8 Å². The van der Waals surface area contributed by atoms with Gasteiger partial charge in [-0.2, -0.15) is 10.4 Å². The standard InChI is InChI=1S/C9H13N5S/c1-6-8(7(2)14(3)13-6)12-9(15-4)11-5-10/h1-4H3,(H,11,12). The summed E-state index contributed by atoms with van der Waals surface area (Å²) in [4.78, 5) is 4.35. The number of thioether (sulfide) groups is 1. The van der Waals surface area contributed by atoms with Crippen molar-refractivity contribution in [3.8, 4) is 6.19 Å². The third kappa shape index (κ3) is 2.50. The number of nitriles is 1. The fraction of sp³-hybridized carbons (Fsp3) is 0.444. The van der Waals surface area contributed by atoms with E-state index in [1.54, 1.807) is 4.68 Å². The van der Waals surface area contributed by atoms with E-state index < -0.39 is 0 Å². The maximum Gasteiger partial charge on any atom is 0.183 e. The molecule has 0 unspecified atom stereocenters. The third-order valence-electron chi connectivity index (χ3n) is 2.04. The molecule has 0 aliphatic heterocycles. The highest BCUT2D eigenvalue weighted by Gasteiger charge is 2.09. The first-order valence-corrected chi connectivity index (χ1v) is 5.60. The van der Waals surface area contributed by atoms with Crippen molar-refractivity contribution in [3.05, 3.63) is 11.4 Å². The minimum atomic E-state index is 0.580. The SMILES string of the molecule is CSC(=Nc1c(C)nn(C)c1C)NC#N. The van der Waals surface area contributed by atoms with Gasteiger partial charge in [0.05, 0.1) is 11.4 Å². The lowest BCUT2D eigenvalue weighted by atomic mass is 10.3. The number of aromatic nitrogens is 2. The highest BCUT2D eigenvalue weighted by molar-refractivity contribution is 8.13. The van der Waals surface area contributed by atoms with Crippen LogP contribution >= 0.6 is 11.8 Å². The number of rotatable bonds is 1. The second-order valence-corrected chi connectivity index (χ2v) is 3.80. The summed E-state index contributed by atoms with van der Waals surface area (Å²) in [6.07, 6.45) is 3.72. The molecule has 6 heteroatoms. The van der Waals surface area contributed by atoms with Crippen LogP contribution in [0.2, 0.25) is 0 Å². The summed E-state index contributed by atoms with van der Waals surface area (Å²) in [5, 5.41) is 15.9. The van der Waals surface area contributed by atoms with Gasteiger partial charge < -0.3 is 0 Å². The van der Waals surface area contributed by atoms with Crippen molar-refractivity contribution in [3.63, 3.8) is 0 Å². The predicted octanol–water partition coefficient (Wildman–Crippen LogP) is 1.46. The normalized spacial score (nSPS) is 11.3. The van der Waals surface area contributed by atoms with Crippen LogP contribution in [0.4, 0.5) is 5.69 Å². The van der Waals surface area contributed by atoms with E-state index in [0.717, 1.165) is 17.1 Å². The quantitative estimate of drug-likeness (QED) is 0.339. The molecule has 1 aromatic rings. The average Bonchev–Trinajstić information content (AvgIpc) is 2.44. The molecular formula is C9H13N5S. The number of amidine groups is 1. The Labute approximate surface area is 93.2 Å². The Morgan fingerprint density at radius 1 is 1.60 bits per heavy atom. The molecular weight excluding hydrogens is 210 g/mol. The van der Waals surface area contributed by atoms with E-state index in [1.807, 2.05) is 33.3 Å². The molecule has 1 aromatic heterocycles. The molecule has 0 amide bonds. The van der Waals surface area contributed by atoms with Gasteiger partial charge in [0, 0.05) is 7.05 Å². The molecule has 1 rings (SSSR count). The summed E-state index contributed by atoms with van der Waals surface area (Å²) in [6, 6.07) is 0. The predicted molar refractivity (Wildman–Crippen MR) is 62.0 cm³/mol. The van der Waals surface area contributed by atoms with Crippen molar-refractivity contribution in [2.45, 2.75) is 13.8 Å². The largest absolute Gasteiger partial charge is 0.271 e. The Balaban J connectivity index is 3.11. The van der Waals surface area contributed by atoms with E-state index >= 15 is 0 Å². The molecule has 0 aromatic carbocycles. The number of aryl methyl sites for hydroxylation is 2. The summed E-state index contributed by atoms with van der Waals surface area (Å²) in [7, 11) is 1.87. The van der Waals surface area contributed by atoms with Gasteiger partial charge in [0.2, 0.25) is 0 Å². The van der Waals surface area contributed by atoms with Gasteiger partial charge in [-0.1, -0.05) is 11.8 Å². The maximum atomic E-state index is 8.51. The van der Waals surface area contributed by atoms with Crippen LogP contribution < -0.4 is 5.32 Å². The molecule has 15 heavy (non-hydrogen) atoms. The van der Waals surface area contributed by atoms with Gasteiger partial charge in [0.25, 0.3) is 0 Å². The Hall–Kier alpha value is -1.48. The second-order valence-electron chi connectivity index (χ2n) is 3.00. The van der Waals surface area contributed by atoms with Crippen LogP contribution in [0.25, 0.3) is 0 Å². The molecule has 80 valence electrons. The summed E-state index contributed by atoms with van der Waals surface area (Å²) in [5.74, 6) is 0. The highest BCUT2D eigenvalue weighted by Crippen LogP contribution is 2.22. The van der Waals surface area contributed by atoms with Crippen LogP contribution in [0.1, 0.15) is 11.4 Å². The second kappa shape index (κ2) is 4.84. The van der Waals surface area contributed by atoms with Gasteiger partial charge >= 0.3 is 0 Å². The van der Waals surface area contributed by atoms with Gasteiger partial charge in [0.1, 0.15) is 5.69 Å². The molecule has 0 radical (unpaired) electrons. The monoisotopic (exact) mass is 223 g/mol. The van der Waals surface area contributed by atoms with Crippen molar-refractivity contribution >= 4 is 22.6 Å². The Kier molecular flexibility index (Phi) is 3.74. The molecule has 0 bridgehead atoms. The number of hydrogen-bond donors (Lipinski definition) is 1. The molecule has 1 N–H and O–H groups in total. The van der Waals surface area contributed by atoms with Crippen LogP contribution in [-0.2, 0) is 7.05 Å². The molecule has 0 saturated carbocycles. The van der Waals surface area contributed by atoms with E-state index in [2.05, 4.69) is 15.4 Å². The molecule has 5 nitrogen and oxygen atoms in total. The van der Waals surface area contributed by atoms with Gasteiger partial charge in [-0.25, -0.2) is 4.99 Å². The first-order valence-electron chi connectivity index (χ1n) is 4.38. The van der Waals surface area contributed by atoms with E-state index in [9.17, 15) is 0 Å². The lowest BCUT2D eigenvalue weighted by molar-refractivity contribution is 0.731. The molecule has 0 saturated heterocycles. The highest BCUT2D eigenvalue weighted by atomic mass is 32.2. The molecule has 0 atom stereocenters. The Bertz CT molecular complexity index is 426. The minimum absolute atomic E-state index is 0.580. The van der Waals surface area contributed by atoms with Crippen molar-refractivity contribution in [2.24, 2.45) is 12.0 Å². The maximum absolute atomic E-state index is 8.51. The van der Waals surface area contributed by atoms with Crippen LogP contribution in [-0.4, -0.2) is 21.2 Å². The summed E-state index contributed by atoms with van der Waals surface area (Å²) in [5.41, 5.74) is 2.67. The van der Waals surface area contributed by atoms with Gasteiger partial charge in [-0.3, -0.25) is 10.00 Å². The van der Waals surface area contributed by atoms with Crippen LogP contribution in [0.15, 0.2) is 4.99 Å². The van der Waals surface area contributed by atoms with Gasteiger partial charge in [-0.15, -0.1) is 0 Å². The molecule has 1 heterocycles. The van der Waals surface area contributed by atoms with Crippen molar-refractivity contribution in [1.82, 2.24) is 15.1 Å². The van der Waals surface area contributed by atoms with Crippen LogP contribution in [0, 0.1) is 25.3 Å². The first kappa shape index (κ1) is 11.6. The number of aliphatic imine (C=N–C) groups is 1. The number of nitrogens with zero attached hydrogens (tertiary/aromatic N) is 4. The number of nitrogens with one attached hydrogen (secondary N) is 1. The fourth-order valence-electron chi connectivity index (χ4n) is 1.20. The molecule has 0 aliphatic carbocycles. The Morgan fingerprint density at radius 2 is 2.27 bits per heavy atom.